The molecule has 3 aliphatic rings. The predicted molar refractivity (Wildman–Crippen MR) is 109 cm³/mol. The second-order valence-corrected chi connectivity index (χ2v) is 9.01. The molecule has 5 rings (SSSR count). The molecule has 1 unspecified atom stereocenters. The van der Waals surface area contributed by atoms with Crippen molar-refractivity contribution >= 4 is 39.2 Å². The lowest BCUT2D eigenvalue weighted by Gasteiger charge is -2.42. The second kappa shape index (κ2) is 5.64. The normalized spacial score (nSPS) is 25.6. The van der Waals surface area contributed by atoms with Gasteiger partial charge in [-0.05, 0) is 78.7 Å². The molecule has 2 aliphatic carbocycles. The van der Waals surface area contributed by atoms with Crippen molar-refractivity contribution in [2.24, 2.45) is 5.41 Å². The molecule has 1 amide bonds. The van der Waals surface area contributed by atoms with Gasteiger partial charge in [0.05, 0.1) is 0 Å². The smallest absolute Gasteiger partial charge is 0.257 e. The zero-order valence-electron chi connectivity index (χ0n) is 14.3. The fourth-order valence-electron chi connectivity index (χ4n) is 5.32. The number of fused-ring (bicyclic) bond motifs is 4. The van der Waals surface area contributed by atoms with Gasteiger partial charge < -0.3 is 10.6 Å². The molecule has 2 spiro atoms. The minimum absolute atomic E-state index is 0.00491. The van der Waals surface area contributed by atoms with Crippen molar-refractivity contribution in [1.82, 2.24) is 10.6 Å². The number of hydrogen-bond acceptors (Lipinski definition) is 2. The Morgan fingerprint density at radius 2 is 1.69 bits per heavy atom. The van der Waals surface area contributed by atoms with Gasteiger partial charge in [-0.3, -0.25) is 4.79 Å². The molecule has 1 aliphatic heterocycles. The summed E-state index contributed by atoms with van der Waals surface area (Å²) in [5, 5.41) is 6.76. The summed E-state index contributed by atoms with van der Waals surface area (Å²) in [6, 6.07) is 15.0. The van der Waals surface area contributed by atoms with Crippen molar-refractivity contribution < 1.29 is 4.79 Å². The lowest BCUT2D eigenvalue weighted by molar-refractivity contribution is -0.129. The van der Waals surface area contributed by atoms with Gasteiger partial charge >= 0.3 is 0 Å². The monoisotopic (exact) mass is 426 g/mol. The number of benzene rings is 2. The Morgan fingerprint density at radius 1 is 1.00 bits per heavy atom. The first kappa shape index (κ1) is 16.5. The first-order valence-electron chi connectivity index (χ1n) is 9.03. The third-order valence-corrected chi connectivity index (χ3v) is 7.23. The Bertz CT molecular complexity index is 930. The zero-order valence-corrected chi connectivity index (χ0v) is 16.7. The minimum atomic E-state index is -0.759. The molecule has 2 N–H and O–H groups in total. The van der Waals surface area contributed by atoms with Gasteiger partial charge in [-0.2, -0.15) is 0 Å². The molecule has 0 bridgehead atoms. The summed E-state index contributed by atoms with van der Waals surface area (Å²) in [6.07, 6.45) is 4.84. The number of aryl methyl sites for hydroxylation is 2. The number of nitrogens with one attached hydrogen (secondary N) is 2. The molecule has 0 saturated carbocycles. The maximum atomic E-state index is 13.3. The Morgan fingerprint density at radius 3 is 2.31 bits per heavy atom. The Kier molecular flexibility index (Phi) is 3.57. The molecule has 5 heteroatoms. The number of amides is 1. The minimum Gasteiger partial charge on any atom is -0.344 e. The van der Waals surface area contributed by atoms with Crippen LogP contribution in [0, 0.1) is 5.41 Å². The third kappa shape index (κ3) is 2.10. The van der Waals surface area contributed by atoms with E-state index in [1.165, 1.54) is 16.7 Å². The molecular weight excluding hydrogens is 408 g/mol. The Labute approximate surface area is 166 Å². The molecule has 132 valence electrons. The van der Waals surface area contributed by atoms with E-state index in [1.807, 2.05) is 0 Å². The fraction of sp³-hybridized carbons (Fsp3) is 0.333. The van der Waals surface area contributed by atoms with Crippen LogP contribution in [0.2, 0.25) is 0 Å². The van der Waals surface area contributed by atoms with E-state index >= 15 is 0 Å². The van der Waals surface area contributed by atoms with Gasteiger partial charge in [0, 0.05) is 9.89 Å². The van der Waals surface area contributed by atoms with Gasteiger partial charge in [-0.25, -0.2) is 0 Å². The van der Waals surface area contributed by atoms with Crippen molar-refractivity contribution in [3.63, 3.8) is 0 Å². The maximum Gasteiger partial charge on any atom is 0.257 e. The van der Waals surface area contributed by atoms with Crippen LogP contribution in [0.5, 0.6) is 0 Å². The highest BCUT2D eigenvalue weighted by Gasteiger charge is 2.64. The quantitative estimate of drug-likeness (QED) is 0.629. The molecule has 2 aromatic carbocycles. The van der Waals surface area contributed by atoms with E-state index in [2.05, 4.69) is 69.0 Å². The van der Waals surface area contributed by atoms with E-state index in [9.17, 15) is 4.79 Å². The highest BCUT2D eigenvalue weighted by Crippen LogP contribution is 2.57. The summed E-state index contributed by atoms with van der Waals surface area (Å²) in [6.45, 7) is 0. The van der Waals surface area contributed by atoms with Crippen LogP contribution in [0.25, 0.3) is 0 Å². The highest BCUT2D eigenvalue weighted by atomic mass is 79.9. The summed E-state index contributed by atoms with van der Waals surface area (Å²) in [5.74, 6) is 0.00491. The van der Waals surface area contributed by atoms with Crippen molar-refractivity contribution in [2.45, 2.75) is 37.6 Å². The molecule has 1 fully saturated rings. The summed E-state index contributed by atoms with van der Waals surface area (Å²) in [7, 11) is 0. The molecule has 1 heterocycles. The standard InChI is InChI=1S/C21H19BrN2OS/c22-16-6-5-15-12-20(9-7-13-3-1-2-4-14(13)8-10-20)21(17(15)11-16)18(25)23-19(26)24-21/h1-6,11H,7-10,12H2,(H2,23,24,25,26). The molecule has 2 aromatic rings. The van der Waals surface area contributed by atoms with E-state index in [0.717, 1.165) is 42.1 Å². The van der Waals surface area contributed by atoms with Crippen LogP contribution in [0.3, 0.4) is 0 Å². The average Bonchev–Trinajstić information content (AvgIpc) is 2.98. The first-order valence-corrected chi connectivity index (χ1v) is 10.2. The lowest BCUT2D eigenvalue weighted by Crippen LogP contribution is -2.55. The second-order valence-electron chi connectivity index (χ2n) is 7.69. The van der Waals surface area contributed by atoms with Crippen molar-refractivity contribution in [3.05, 3.63) is 69.2 Å². The van der Waals surface area contributed by atoms with Crippen LogP contribution in [0.4, 0.5) is 0 Å². The number of rotatable bonds is 0. The SMILES string of the molecule is O=C1NC(=S)NC12c1cc(Br)ccc1CC21CCc2ccccc2CC1. The Hall–Kier alpha value is -1.72. The Balaban J connectivity index is 1.68. The highest BCUT2D eigenvalue weighted by molar-refractivity contribution is 9.10. The van der Waals surface area contributed by atoms with Gasteiger partial charge in [0.2, 0.25) is 0 Å². The van der Waals surface area contributed by atoms with Gasteiger partial charge in [0.1, 0.15) is 0 Å². The third-order valence-electron chi connectivity index (χ3n) is 6.53. The topological polar surface area (TPSA) is 41.1 Å². The van der Waals surface area contributed by atoms with Crippen molar-refractivity contribution in [3.8, 4) is 0 Å². The van der Waals surface area contributed by atoms with Crippen LogP contribution < -0.4 is 10.6 Å². The number of hydrogen-bond donors (Lipinski definition) is 2. The van der Waals surface area contributed by atoms with Crippen LogP contribution in [0.1, 0.15) is 35.1 Å². The van der Waals surface area contributed by atoms with Crippen LogP contribution >= 0.6 is 28.1 Å². The van der Waals surface area contributed by atoms with E-state index in [1.54, 1.807) is 0 Å². The number of carbonyl (C=O) groups is 1. The van der Waals surface area contributed by atoms with Crippen LogP contribution in [-0.2, 0) is 29.6 Å². The molecular formula is C21H19BrN2OS. The van der Waals surface area contributed by atoms with E-state index in [-0.39, 0.29) is 11.3 Å². The average molecular weight is 427 g/mol. The van der Waals surface area contributed by atoms with Crippen LogP contribution in [-0.4, -0.2) is 11.0 Å². The molecule has 26 heavy (non-hydrogen) atoms. The van der Waals surface area contributed by atoms with E-state index < -0.39 is 5.54 Å². The molecule has 1 saturated heterocycles. The fourth-order valence-corrected chi connectivity index (χ4v) is 5.93. The molecule has 0 aromatic heterocycles. The largest absolute Gasteiger partial charge is 0.344 e. The molecule has 0 radical (unpaired) electrons. The van der Waals surface area contributed by atoms with Gasteiger partial charge in [0.15, 0.2) is 10.7 Å². The summed E-state index contributed by atoms with van der Waals surface area (Å²) in [4.78, 5) is 13.3. The van der Waals surface area contributed by atoms with Crippen molar-refractivity contribution in [1.29, 1.82) is 0 Å². The first-order chi connectivity index (χ1) is 12.5. The summed E-state index contributed by atoms with van der Waals surface area (Å²) >= 11 is 8.96. The van der Waals surface area contributed by atoms with Crippen molar-refractivity contribution in [2.75, 3.05) is 0 Å². The van der Waals surface area contributed by atoms with Gasteiger partial charge in [0.25, 0.3) is 5.91 Å². The lowest BCUT2D eigenvalue weighted by atomic mass is 9.65. The molecule has 3 nitrogen and oxygen atoms in total. The van der Waals surface area contributed by atoms with Gasteiger partial charge in [-0.1, -0.05) is 46.3 Å². The molecule has 1 atom stereocenters. The maximum absolute atomic E-state index is 13.3. The summed E-state index contributed by atoms with van der Waals surface area (Å²) in [5.41, 5.74) is 4.24. The van der Waals surface area contributed by atoms with Gasteiger partial charge in [-0.15, -0.1) is 0 Å². The summed E-state index contributed by atoms with van der Waals surface area (Å²) < 4.78 is 0.997. The number of carbonyl (C=O) groups excluding carboxylic acids is 1. The zero-order chi connectivity index (χ0) is 17.9. The van der Waals surface area contributed by atoms with E-state index in [4.69, 9.17) is 12.2 Å². The number of thiocarbonyl (C=S) groups is 1. The number of halogens is 1. The predicted octanol–water partition coefficient (Wildman–Crippen LogP) is 3.77. The van der Waals surface area contributed by atoms with Crippen LogP contribution in [0.15, 0.2) is 46.9 Å². The van der Waals surface area contributed by atoms with E-state index in [0.29, 0.717) is 5.11 Å².